The second-order valence-electron chi connectivity index (χ2n) is 5.52. The molecule has 2 N–H and O–H groups in total. The molecule has 0 atom stereocenters. The van der Waals surface area contributed by atoms with Crippen LogP contribution in [0.3, 0.4) is 0 Å². The molecule has 8 heteroatoms. The van der Waals surface area contributed by atoms with Crippen LogP contribution in [-0.2, 0) is 16.0 Å². The lowest BCUT2D eigenvalue weighted by atomic mass is 10.1. The number of carbonyl (C=O) groups excluding carboxylic acids is 1. The monoisotopic (exact) mass is 331 g/mol. The molecule has 0 spiro atoms. The lowest BCUT2D eigenvalue weighted by Crippen LogP contribution is -2.34. The smallest absolute Gasteiger partial charge is 0.481 e. The van der Waals surface area contributed by atoms with Crippen LogP contribution in [0, 0.1) is 5.41 Å². The topological polar surface area (TPSA) is 75.6 Å². The largest absolute Gasteiger partial charge is 0.573 e. The fourth-order valence-corrected chi connectivity index (χ4v) is 2.16. The highest BCUT2D eigenvalue weighted by Crippen LogP contribution is 2.45. The Bertz CT molecular complexity index is 597. The summed E-state index contributed by atoms with van der Waals surface area (Å²) >= 11 is 0. The molecule has 1 aliphatic carbocycles. The SMILES string of the molecule is O=C(CCc1ccccc1OC(F)(F)F)NCC1(C(=O)O)CC1. The first-order chi connectivity index (χ1) is 10.7. The number of halogens is 3. The number of nitrogens with one attached hydrogen (secondary N) is 1. The van der Waals surface area contributed by atoms with Crippen LogP contribution in [-0.4, -0.2) is 29.9 Å². The van der Waals surface area contributed by atoms with E-state index in [-0.39, 0.29) is 30.7 Å². The number of carboxylic acid groups (broad SMARTS) is 1. The molecule has 1 saturated carbocycles. The summed E-state index contributed by atoms with van der Waals surface area (Å²) < 4.78 is 40.8. The maximum atomic E-state index is 12.3. The molecule has 0 unspecified atom stereocenters. The number of amides is 1. The van der Waals surface area contributed by atoms with E-state index in [0.29, 0.717) is 12.8 Å². The van der Waals surface area contributed by atoms with Gasteiger partial charge in [-0.1, -0.05) is 18.2 Å². The Hall–Kier alpha value is -2.25. The van der Waals surface area contributed by atoms with Gasteiger partial charge < -0.3 is 15.2 Å². The van der Waals surface area contributed by atoms with Gasteiger partial charge in [-0.25, -0.2) is 0 Å². The van der Waals surface area contributed by atoms with Crippen LogP contribution in [0.25, 0.3) is 0 Å². The molecular weight excluding hydrogens is 315 g/mol. The number of benzene rings is 1. The predicted octanol–water partition coefficient (Wildman–Crippen LogP) is 2.50. The highest BCUT2D eigenvalue weighted by molar-refractivity contribution is 5.81. The van der Waals surface area contributed by atoms with Crippen LogP contribution in [0.15, 0.2) is 24.3 Å². The summed E-state index contributed by atoms with van der Waals surface area (Å²) in [5, 5.41) is 11.5. The van der Waals surface area contributed by atoms with Gasteiger partial charge in [-0.05, 0) is 30.9 Å². The molecule has 126 valence electrons. The van der Waals surface area contributed by atoms with Crippen LogP contribution in [0.5, 0.6) is 5.75 Å². The number of hydrogen-bond donors (Lipinski definition) is 2. The Morgan fingerprint density at radius 2 is 1.91 bits per heavy atom. The molecule has 23 heavy (non-hydrogen) atoms. The number of para-hydroxylation sites is 1. The summed E-state index contributed by atoms with van der Waals surface area (Å²) in [5.74, 6) is -1.68. The summed E-state index contributed by atoms with van der Waals surface area (Å²) in [6.07, 6.45) is -3.74. The van der Waals surface area contributed by atoms with Crippen molar-refractivity contribution in [2.45, 2.75) is 32.0 Å². The minimum absolute atomic E-state index is 0.0435. The zero-order valence-electron chi connectivity index (χ0n) is 12.2. The summed E-state index contributed by atoms with van der Waals surface area (Å²) in [5.41, 5.74) is -0.605. The molecule has 1 amide bonds. The number of hydrogen-bond acceptors (Lipinski definition) is 3. The van der Waals surface area contributed by atoms with E-state index in [1.807, 2.05) is 0 Å². The third kappa shape index (κ3) is 4.87. The van der Waals surface area contributed by atoms with E-state index in [4.69, 9.17) is 5.11 Å². The van der Waals surface area contributed by atoms with Crippen molar-refractivity contribution in [2.24, 2.45) is 5.41 Å². The average Bonchev–Trinajstić information content (AvgIpc) is 3.24. The second-order valence-corrected chi connectivity index (χ2v) is 5.52. The standard InChI is InChI=1S/C15H16F3NO4/c16-15(17,18)23-11-4-2-1-3-10(11)5-6-12(20)19-9-14(7-8-14)13(21)22/h1-4H,5-9H2,(H,19,20)(H,21,22). The first-order valence-corrected chi connectivity index (χ1v) is 7.06. The van der Waals surface area contributed by atoms with E-state index in [2.05, 4.69) is 10.1 Å². The van der Waals surface area contributed by atoms with E-state index >= 15 is 0 Å². The second kappa shape index (κ2) is 6.47. The number of alkyl halides is 3. The number of aliphatic carboxylic acids is 1. The van der Waals surface area contributed by atoms with Gasteiger partial charge in [-0.3, -0.25) is 9.59 Å². The van der Waals surface area contributed by atoms with Crippen LogP contribution in [0.4, 0.5) is 13.2 Å². The first-order valence-electron chi connectivity index (χ1n) is 7.06. The Labute approximate surface area is 130 Å². The minimum Gasteiger partial charge on any atom is -0.481 e. The zero-order valence-corrected chi connectivity index (χ0v) is 12.2. The molecule has 1 aliphatic rings. The van der Waals surface area contributed by atoms with Crippen molar-refractivity contribution < 1.29 is 32.6 Å². The third-order valence-corrected chi connectivity index (χ3v) is 3.75. The van der Waals surface area contributed by atoms with E-state index in [1.165, 1.54) is 18.2 Å². The Morgan fingerprint density at radius 3 is 2.48 bits per heavy atom. The van der Waals surface area contributed by atoms with Gasteiger partial charge in [0.2, 0.25) is 5.91 Å². The quantitative estimate of drug-likeness (QED) is 0.805. The van der Waals surface area contributed by atoms with E-state index in [0.717, 1.165) is 0 Å². The van der Waals surface area contributed by atoms with E-state index in [9.17, 15) is 22.8 Å². The van der Waals surface area contributed by atoms with Gasteiger partial charge in [-0.2, -0.15) is 0 Å². The van der Waals surface area contributed by atoms with E-state index in [1.54, 1.807) is 6.07 Å². The maximum absolute atomic E-state index is 12.3. The number of ether oxygens (including phenoxy) is 1. The summed E-state index contributed by atoms with van der Waals surface area (Å²) in [4.78, 5) is 22.7. The molecular formula is C15H16F3NO4. The van der Waals surface area contributed by atoms with Gasteiger partial charge in [0.05, 0.1) is 5.41 Å². The average molecular weight is 331 g/mol. The highest BCUT2D eigenvalue weighted by atomic mass is 19.4. The Morgan fingerprint density at radius 1 is 1.26 bits per heavy atom. The lowest BCUT2D eigenvalue weighted by molar-refractivity contribution is -0.274. The summed E-state index contributed by atoms with van der Waals surface area (Å²) in [6.45, 7) is 0.0435. The molecule has 0 heterocycles. The molecule has 0 aromatic heterocycles. The third-order valence-electron chi connectivity index (χ3n) is 3.75. The van der Waals surface area contributed by atoms with Crippen molar-refractivity contribution in [1.29, 1.82) is 0 Å². The number of carbonyl (C=O) groups is 2. The molecule has 1 aromatic carbocycles. The fourth-order valence-electron chi connectivity index (χ4n) is 2.16. The van der Waals surface area contributed by atoms with Crippen molar-refractivity contribution in [3.8, 4) is 5.75 Å². The van der Waals surface area contributed by atoms with Crippen molar-refractivity contribution in [2.75, 3.05) is 6.54 Å². The van der Waals surface area contributed by atoms with Crippen molar-refractivity contribution in [1.82, 2.24) is 5.32 Å². The number of carboxylic acids is 1. The number of aryl methyl sites for hydroxylation is 1. The number of rotatable bonds is 7. The minimum atomic E-state index is -4.79. The maximum Gasteiger partial charge on any atom is 0.573 e. The van der Waals surface area contributed by atoms with E-state index < -0.39 is 23.7 Å². The molecule has 0 radical (unpaired) electrons. The van der Waals surface area contributed by atoms with Crippen LogP contribution in [0.1, 0.15) is 24.8 Å². The van der Waals surface area contributed by atoms with Gasteiger partial charge in [0.25, 0.3) is 0 Å². The normalized spacial score (nSPS) is 15.8. The van der Waals surface area contributed by atoms with Crippen molar-refractivity contribution >= 4 is 11.9 Å². The van der Waals surface area contributed by atoms with Crippen molar-refractivity contribution in [3.05, 3.63) is 29.8 Å². The Balaban J connectivity index is 1.86. The summed E-state index contributed by atoms with van der Waals surface area (Å²) in [6, 6.07) is 5.60. The van der Waals surface area contributed by atoms with Gasteiger partial charge in [-0.15, -0.1) is 13.2 Å². The lowest BCUT2D eigenvalue weighted by Gasteiger charge is -2.14. The summed E-state index contributed by atoms with van der Waals surface area (Å²) in [7, 11) is 0. The van der Waals surface area contributed by atoms with Crippen LogP contribution < -0.4 is 10.1 Å². The zero-order chi connectivity index (χ0) is 17.1. The van der Waals surface area contributed by atoms with Crippen LogP contribution >= 0.6 is 0 Å². The Kier molecular flexibility index (Phi) is 4.82. The molecule has 5 nitrogen and oxygen atoms in total. The molecule has 1 fully saturated rings. The highest BCUT2D eigenvalue weighted by Gasteiger charge is 2.50. The fraction of sp³-hybridized carbons (Fsp3) is 0.467. The van der Waals surface area contributed by atoms with Crippen molar-refractivity contribution in [3.63, 3.8) is 0 Å². The molecule has 0 saturated heterocycles. The van der Waals surface area contributed by atoms with Gasteiger partial charge in [0.1, 0.15) is 5.75 Å². The van der Waals surface area contributed by atoms with Gasteiger partial charge in [0, 0.05) is 13.0 Å². The molecule has 1 aromatic rings. The van der Waals surface area contributed by atoms with Gasteiger partial charge >= 0.3 is 12.3 Å². The first kappa shape index (κ1) is 17.1. The molecule has 0 aliphatic heterocycles. The van der Waals surface area contributed by atoms with Crippen LogP contribution in [0.2, 0.25) is 0 Å². The predicted molar refractivity (Wildman–Crippen MR) is 73.8 cm³/mol. The molecule has 0 bridgehead atoms. The molecule has 2 rings (SSSR count). The van der Waals surface area contributed by atoms with Gasteiger partial charge in [0.15, 0.2) is 0 Å².